The van der Waals surface area contributed by atoms with Gasteiger partial charge in [0.2, 0.25) is 0 Å². The van der Waals surface area contributed by atoms with Gasteiger partial charge in [-0.25, -0.2) is 4.39 Å². The number of hydrogen-bond donors (Lipinski definition) is 1. The van der Waals surface area contributed by atoms with Gasteiger partial charge >= 0.3 is 5.97 Å². The number of nitrogens with two attached hydrogens (primary N) is 1. The van der Waals surface area contributed by atoms with Gasteiger partial charge in [0.25, 0.3) is 0 Å². The second-order valence-corrected chi connectivity index (χ2v) is 9.03. The third-order valence-electron chi connectivity index (χ3n) is 6.22. The number of aryl methyl sites for hydroxylation is 1. The van der Waals surface area contributed by atoms with Crippen molar-refractivity contribution in [3.05, 3.63) is 88.9 Å². The molecule has 0 bridgehead atoms. The molecule has 5 nitrogen and oxygen atoms in total. The summed E-state index contributed by atoms with van der Waals surface area (Å²) in [6.45, 7) is 6.60. The minimum absolute atomic E-state index is 0.129. The molecule has 0 saturated carbocycles. The number of nitrogens with zero attached hydrogens (tertiary/aromatic N) is 1. The molecule has 0 amide bonds. The van der Waals surface area contributed by atoms with Crippen LogP contribution >= 0.6 is 0 Å². The summed E-state index contributed by atoms with van der Waals surface area (Å²) in [7, 11) is 1.37. The molecule has 0 aliphatic carbocycles. The summed E-state index contributed by atoms with van der Waals surface area (Å²) in [5, 5.41) is 0.970. The molecule has 0 spiro atoms. The summed E-state index contributed by atoms with van der Waals surface area (Å²) in [5.74, 6) is 0.00532. The van der Waals surface area contributed by atoms with Crippen LogP contribution in [0.2, 0.25) is 0 Å². The Kier molecular flexibility index (Phi) is 7.22. The van der Waals surface area contributed by atoms with Crippen molar-refractivity contribution in [3.8, 4) is 16.9 Å². The molecule has 4 rings (SSSR count). The van der Waals surface area contributed by atoms with Crippen LogP contribution in [-0.4, -0.2) is 17.6 Å². The lowest BCUT2D eigenvalue weighted by molar-refractivity contribution is -0.139. The van der Waals surface area contributed by atoms with Gasteiger partial charge in [-0.3, -0.25) is 4.79 Å². The van der Waals surface area contributed by atoms with Crippen molar-refractivity contribution in [2.75, 3.05) is 7.11 Å². The molecule has 0 aliphatic rings. The zero-order valence-corrected chi connectivity index (χ0v) is 20.6. The lowest BCUT2D eigenvalue weighted by Gasteiger charge is -2.16. The Hall–Kier alpha value is -3.64. The van der Waals surface area contributed by atoms with E-state index in [9.17, 15) is 4.79 Å². The highest BCUT2D eigenvalue weighted by Gasteiger charge is 2.17. The van der Waals surface area contributed by atoms with E-state index in [1.165, 1.54) is 7.11 Å². The summed E-state index contributed by atoms with van der Waals surface area (Å²) in [5.41, 5.74) is 11.3. The summed E-state index contributed by atoms with van der Waals surface area (Å²) in [4.78, 5) is 11.9. The summed E-state index contributed by atoms with van der Waals surface area (Å²) in [6.07, 6.45) is 2.16. The molecule has 0 aliphatic heterocycles. The predicted molar refractivity (Wildman–Crippen MR) is 137 cm³/mol. The first-order valence-electron chi connectivity index (χ1n) is 11.7. The maximum absolute atomic E-state index is 15.3. The fourth-order valence-corrected chi connectivity index (χ4v) is 4.35. The van der Waals surface area contributed by atoms with Gasteiger partial charge in [-0.05, 0) is 61.7 Å². The average molecular weight is 475 g/mol. The van der Waals surface area contributed by atoms with Gasteiger partial charge < -0.3 is 19.8 Å². The molecule has 3 aromatic carbocycles. The summed E-state index contributed by atoms with van der Waals surface area (Å²) < 4.78 is 28.5. The van der Waals surface area contributed by atoms with Crippen LogP contribution in [0.4, 0.5) is 4.39 Å². The van der Waals surface area contributed by atoms with Crippen LogP contribution in [0.5, 0.6) is 5.75 Å². The molecule has 4 aromatic rings. The summed E-state index contributed by atoms with van der Waals surface area (Å²) >= 11 is 0. The molecule has 0 saturated heterocycles. The van der Waals surface area contributed by atoms with Crippen LogP contribution in [0.15, 0.2) is 60.8 Å². The highest BCUT2D eigenvalue weighted by molar-refractivity contribution is 5.96. The highest BCUT2D eigenvalue weighted by Crippen LogP contribution is 2.35. The van der Waals surface area contributed by atoms with Crippen LogP contribution in [0.25, 0.3) is 22.0 Å². The number of halogens is 1. The van der Waals surface area contributed by atoms with Crippen LogP contribution in [0.3, 0.4) is 0 Å². The van der Waals surface area contributed by atoms with Crippen LogP contribution in [-0.2, 0) is 29.1 Å². The molecular weight excluding hydrogens is 443 g/mol. The Morgan fingerprint density at radius 2 is 1.86 bits per heavy atom. The maximum Gasteiger partial charge on any atom is 0.310 e. The third kappa shape index (κ3) is 5.08. The van der Waals surface area contributed by atoms with E-state index >= 15 is 4.39 Å². The van der Waals surface area contributed by atoms with Crippen molar-refractivity contribution in [3.63, 3.8) is 0 Å². The Balaban J connectivity index is 1.78. The smallest absolute Gasteiger partial charge is 0.310 e. The summed E-state index contributed by atoms with van der Waals surface area (Å²) in [6, 6.07) is 17.4. The quantitative estimate of drug-likeness (QED) is 0.314. The van der Waals surface area contributed by atoms with E-state index in [4.69, 9.17) is 15.2 Å². The lowest BCUT2D eigenvalue weighted by Crippen LogP contribution is -2.07. The van der Waals surface area contributed by atoms with Crippen LogP contribution < -0.4 is 10.5 Å². The van der Waals surface area contributed by atoms with E-state index in [1.54, 1.807) is 12.1 Å². The Morgan fingerprint density at radius 1 is 1.06 bits per heavy atom. The molecule has 1 aromatic heterocycles. The van der Waals surface area contributed by atoms with Gasteiger partial charge in [0.1, 0.15) is 18.2 Å². The second kappa shape index (κ2) is 10.3. The number of ether oxygens (including phenoxy) is 2. The molecule has 0 atom stereocenters. The number of hydrogen-bond acceptors (Lipinski definition) is 4. The lowest BCUT2D eigenvalue weighted by atomic mass is 9.96. The number of aromatic nitrogens is 1. The van der Waals surface area contributed by atoms with Gasteiger partial charge in [-0.1, -0.05) is 30.3 Å². The maximum atomic E-state index is 15.3. The first-order chi connectivity index (χ1) is 16.8. The molecule has 0 unspecified atom stereocenters. The standard InChI is InChI=1S/C29H31FN2O3/c1-18(2)32-11-10-23-25(24-7-5-6-22(16-31)29(24)30)13-20(14-26(23)32)17-35-27-12-19(3)8-9-21(27)15-28(33)34-4/h5-14,18H,15-17,31H2,1-4H3. The number of rotatable bonds is 8. The fourth-order valence-electron chi connectivity index (χ4n) is 4.35. The van der Waals surface area contributed by atoms with Crippen molar-refractivity contribution in [1.29, 1.82) is 0 Å². The van der Waals surface area contributed by atoms with E-state index in [1.807, 2.05) is 49.5 Å². The normalized spacial score (nSPS) is 11.3. The van der Waals surface area contributed by atoms with Crippen LogP contribution in [0, 0.1) is 12.7 Å². The molecule has 0 fully saturated rings. The van der Waals surface area contributed by atoms with Gasteiger partial charge in [0, 0.05) is 46.4 Å². The van der Waals surface area contributed by atoms with Crippen molar-refractivity contribution in [2.45, 2.75) is 46.4 Å². The molecular formula is C29H31FN2O3. The van der Waals surface area contributed by atoms with Crippen molar-refractivity contribution >= 4 is 16.9 Å². The van der Waals surface area contributed by atoms with Crippen molar-refractivity contribution in [2.24, 2.45) is 5.73 Å². The van der Waals surface area contributed by atoms with Gasteiger partial charge in [0.15, 0.2) is 0 Å². The third-order valence-corrected chi connectivity index (χ3v) is 6.22. The van der Waals surface area contributed by atoms with Crippen molar-refractivity contribution < 1.29 is 18.7 Å². The van der Waals surface area contributed by atoms with E-state index < -0.39 is 0 Å². The molecule has 1 heterocycles. The SMILES string of the molecule is COC(=O)Cc1ccc(C)cc1OCc1cc(-c2cccc(CN)c2F)c2ccn(C(C)C)c2c1. The van der Waals surface area contributed by atoms with Crippen LogP contribution in [0.1, 0.15) is 42.1 Å². The highest BCUT2D eigenvalue weighted by atomic mass is 19.1. The molecule has 182 valence electrons. The topological polar surface area (TPSA) is 66.5 Å². The first-order valence-corrected chi connectivity index (χ1v) is 11.7. The Bertz CT molecular complexity index is 1370. The van der Waals surface area contributed by atoms with Crippen molar-refractivity contribution in [1.82, 2.24) is 4.57 Å². The zero-order chi connectivity index (χ0) is 25.1. The number of benzene rings is 3. The first kappa shape index (κ1) is 24.5. The minimum atomic E-state index is -0.326. The molecule has 0 radical (unpaired) electrons. The molecule has 6 heteroatoms. The van der Waals surface area contributed by atoms with Gasteiger partial charge in [0.05, 0.1) is 13.5 Å². The number of methoxy groups -OCH3 is 1. The Labute approximate surface area is 205 Å². The average Bonchev–Trinajstić information content (AvgIpc) is 3.28. The fraction of sp³-hybridized carbons (Fsp3) is 0.276. The van der Waals surface area contributed by atoms with Gasteiger partial charge in [-0.15, -0.1) is 0 Å². The zero-order valence-electron chi connectivity index (χ0n) is 20.6. The number of carbonyl (C=O) groups is 1. The largest absolute Gasteiger partial charge is 0.489 e. The van der Waals surface area contributed by atoms with E-state index in [-0.39, 0.29) is 37.4 Å². The number of carbonyl (C=O) groups excluding carboxylic acids is 1. The number of esters is 1. The number of fused-ring (bicyclic) bond motifs is 1. The van der Waals surface area contributed by atoms with E-state index in [0.29, 0.717) is 16.9 Å². The molecule has 2 N–H and O–H groups in total. The second-order valence-electron chi connectivity index (χ2n) is 9.03. The Morgan fingerprint density at radius 3 is 2.57 bits per heavy atom. The predicted octanol–water partition coefficient (Wildman–Crippen LogP) is 6.09. The molecule has 35 heavy (non-hydrogen) atoms. The van der Waals surface area contributed by atoms with E-state index in [2.05, 4.69) is 24.5 Å². The van der Waals surface area contributed by atoms with Gasteiger partial charge in [-0.2, -0.15) is 0 Å². The monoisotopic (exact) mass is 474 g/mol. The minimum Gasteiger partial charge on any atom is -0.489 e. The van der Waals surface area contributed by atoms with E-state index in [0.717, 1.165) is 33.2 Å².